The van der Waals surface area contributed by atoms with Gasteiger partial charge >= 0.3 is 5.97 Å². The van der Waals surface area contributed by atoms with E-state index in [1.165, 1.54) is 30.0 Å². The summed E-state index contributed by atoms with van der Waals surface area (Å²) in [7, 11) is 0. The number of hydrogen-bond donors (Lipinski definition) is 1. The van der Waals surface area contributed by atoms with E-state index in [1.54, 1.807) is 24.3 Å². The summed E-state index contributed by atoms with van der Waals surface area (Å²) in [6.45, 7) is -0.476. The number of halogens is 1. The predicted octanol–water partition coefficient (Wildman–Crippen LogP) is 3.34. The summed E-state index contributed by atoms with van der Waals surface area (Å²) in [5, 5.41) is 2.35. The Bertz CT molecular complexity index is 691. The van der Waals surface area contributed by atoms with Crippen molar-refractivity contribution >= 4 is 29.3 Å². The van der Waals surface area contributed by atoms with Crippen LogP contribution in [-0.2, 0) is 9.53 Å². The van der Waals surface area contributed by atoms with Crippen LogP contribution in [0.1, 0.15) is 10.4 Å². The fraction of sp³-hybridized carbons (Fsp3) is 0.125. The second kappa shape index (κ2) is 7.61. The number of amides is 1. The SMILES string of the molecule is CSc1ccccc1C(=O)OCC(=O)Nc1ccccc1F. The van der Waals surface area contributed by atoms with Crippen molar-refractivity contribution in [1.29, 1.82) is 0 Å². The number of nitrogens with one attached hydrogen (secondary N) is 1. The van der Waals surface area contributed by atoms with Crippen LogP contribution in [0, 0.1) is 5.82 Å². The number of carbonyl (C=O) groups excluding carboxylic acids is 2. The number of esters is 1. The first-order chi connectivity index (χ1) is 10.6. The minimum Gasteiger partial charge on any atom is -0.452 e. The molecule has 2 rings (SSSR count). The van der Waals surface area contributed by atoms with Gasteiger partial charge in [-0.2, -0.15) is 0 Å². The fourth-order valence-electron chi connectivity index (χ4n) is 1.77. The molecule has 0 unspecified atom stereocenters. The molecule has 0 fully saturated rings. The second-order valence-electron chi connectivity index (χ2n) is 4.30. The molecule has 22 heavy (non-hydrogen) atoms. The first kappa shape index (κ1) is 16.0. The molecule has 2 aromatic carbocycles. The molecule has 114 valence electrons. The lowest BCUT2D eigenvalue weighted by Gasteiger charge is -2.09. The van der Waals surface area contributed by atoms with E-state index in [4.69, 9.17) is 4.74 Å². The number of thioether (sulfide) groups is 1. The minimum absolute atomic E-state index is 0.0491. The third kappa shape index (κ3) is 4.08. The van der Waals surface area contributed by atoms with Crippen molar-refractivity contribution in [2.75, 3.05) is 18.2 Å². The summed E-state index contributed by atoms with van der Waals surface area (Å²) in [6, 6.07) is 12.7. The van der Waals surface area contributed by atoms with Crippen LogP contribution >= 0.6 is 11.8 Å². The highest BCUT2D eigenvalue weighted by Crippen LogP contribution is 2.20. The molecule has 2 aromatic rings. The maximum atomic E-state index is 13.4. The summed E-state index contributed by atoms with van der Waals surface area (Å²) in [5.41, 5.74) is 0.446. The van der Waals surface area contributed by atoms with Crippen molar-refractivity contribution in [3.8, 4) is 0 Å². The predicted molar refractivity (Wildman–Crippen MR) is 83.5 cm³/mol. The number of anilines is 1. The zero-order chi connectivity index (χ0) is 15.9. The van der Waals surface area contributed by atoms with Crippen LogP contribution in [0.2, 0.25) is 0 Å². The molecule has 0 aromatic heterocycles. The van der Waals surface area contributed by atoms with E-state index in [9.17, 15) is 14.0 Å². The third-order valence-corrected chi connectivity index (χ3v) is 3.61. The van der Waals surface area contributed by atoms with E-state index in [-0.39, 0.29) is 5.69 Å². The quantitative estimate of drug-likeness (QED) is 0.678. The van der Waals surface area contributed by atoms with Gasteiger partial charge in [0, 0.05) is 4.90 Å². The van der Waals surface area contributed by atoms with Crippen molar-refractivity contribution in [2.45, 2.75) is 4.90 Å². The molecular formula is C16H14FNO3S. The fourth-order valence-corrected chi connectivity index (χ4v) is 2.36. The van der Waals surface area contributed by atoms with Crippen molar-refractivity contribution < 1.29 is 18.7 Å². The molecule has 0 saturated heterocycles. The second-order valence-corrected chi connectivity index (χ2v) is 5.15. The van der Waals surface area contributed by atoms with Crippen LogP contribution in [0.5, 0.6) is 0 Å². The molecule has 0 aliphatic heterocycles. The monoisotopic (exact) mass is 319 g/mol. The molecule has 0 aliphatic rings. The Morgan fingerprint density at radius 3 is 2.55 bits per heavy atom. The maximum absolute atomic E-state index is 13.4. The molecule has 0 heterocycles. The Morgan fingerprint density at radius 2 is 1.82 bits per heavy atom. The molecule has 1 amide bonds. The van der Waals surface area contributed by atoms with Gasteiger partial charge in [-0.25, -0.2) is 9.18 Å². The number of para-hydroxylation sites is 1. The molecule has 0 radical (unpaired) electrons. The highest BCUT2D eigenvalue weighted by atomic mass is 32.2. The van der Waals surface area contributed by atoms with E-state index in [2.05, 4.69) is 5.32 Å². The Labute approximate surface area is 131 Å². The van der Waals surface area contributed by atoms with Crippen LogP contribution in [0.25, 0.3) is 0 Å². The van der Waals surface area contributed by atoms with Crippen LogP contribution in [0.4, 0.5) is 10.1 Å². The van der Waals surface area contributed by atoms with Crippen molar-refractivity contribution in [3.05, 3.63) is 59.9 Å². The molecular weight excluding hydrogens is 305 g/mol. The maximum Gasteiger partial charge on any atom is 0.339 e. The number of ether oxygens (including phenoxy) is 1. The average molecular weight is 319 g/mol. The van der Waals surface area contributed by atoms with Gasteiger partial charge in [-0.3, -0.25) is 4.79 Å². The van der Waals surface area contributed by atoms with Gasteiger partial charge in [0.25, 0.3) is 5.91 Å². The van der Waals surface area contributed by atoms with Crippen LogP contribution in [-0.4, -0.2) is 24.7 Å². The van der Waals surface area contributed by atoms with E-state index in [1.807, 2.05) is 12.3 Å². The van der Waals surface area contributed by atoms with Gasteiger partial charge in [0.05, 0.1) is 11.3 Å². The summed E-state index contributed by atoms with van der Waals surface area (Å²) in [4.78, 5) is 24.4. The molecule has 0 atom stereocenters. The van der Waals surface area contributed by atoms with Gasteiger partial charge in [0.1, 0.15) is 5.82 Å². The molecule has 0 saturated carbocycles. The molecule has 0 aliphatic carbocycles. The lowest BCUT2D eigenvalue weighted by molar-refractivity contribution is -0.119. The average Bonchev–Trinajstić information content (AvgIpc) is 2.54. The third-order valence-electron chi connectivity index (χ3n) is 2.81. The summed E-state index contributed by atoms with van der Waals surface area (Å²) < 4.78 is 18.3. The Kier molecular flexibility index (Phi) is 5.55. The zero-order valence-electron chi connectivity index (χ0n) is 11.8. The number of rotatable bonds is 5. The highest BCUT2D eigenvalue weighted by molar-refractivity contribution is 7.98. The van der Waals surface area contributed by atoms with E-state index >= 15 is 0 Å². The largest absolute Gasteiger partial charge is 0.452 e. The molecule has 0 spiro atoms. The smallest absolute Gasteiger partial charge is 0.339 e. The first-order valence-electron chi connectivity index (χ1n) is 6.46. The first-order valence-corrected chi connectivity index (χ1v) is 7.69. The lowest BCUT2D eigenvalue weighted by Crippen LogP contribution is -2.21. The van der Waals surface area contributed by atoms with Gasteiger partial charge < -0.3 is 10.1 Å². The van der Waals surface area contributed by atoms with Gasteiger partial charge in [-0.05, 0) is 30.5 Å². The van der Waals surface area contributed by atoms with Gasteiger partial charge in [-0.15, -0.1) is 11.8 Å². The van der Waals surface area contributed by atoms with E-state index in [0.717, 1.165) is 4.90 Å². The van der Waals surface area contributed by atoms with Crippen LogP contribution in [0.3, 0.4) is 0 Å². The minimum atomic E-state index is -0.597. The summed E-state index contributed by atoms with van der Waals surface area (Å²) >= 11 is 1.41. The zero-order valence-corrected chi connectivity index (χ0v) is 12.7. The van der Waals surface area contributed by atoms with Gasteiger partial charge in [0.2, 0.25) is 0 Å². The van der Waals surface area contributed by atoms with Gasteiger partial charge in [-0.1, -0.05) is 24.3 Å². The number of hydrogen-bond acceptors (Lipinski definition) is 4. The normalized spacial score (nSPS) is 10.1. The Morgan fingerprint density at radius 1 is 1.14 bits per heavy atom. The van der Waals surface area contributed by atoms with Crippen molar-refractivity contribution in [1.82, 2.24) is 0 Å². The Balaban J connectivity index is 1.94. The summed E-state index contributed by atoms with van der Waals surface area (Å²) in [5.74, 6) is -1.73. The molecule has 1 N–H and O–H groups in total. The van der Waals surface area contributed by atoms with E-state index < -0.39 is 24.3 Å². The summed E-state index contributed by atoms with van der Waals surface area (Å²) in [6.07, 6.45) is 1.84. The van der Waals surface area contributed by atoms with E-state index in [0.29, 0.717) is 5.56 Å². The molecule has 4 nitrogen and oxygen atoms in total. The van der Waals surface area contributed by atoms with Crippen molar-refractivity contribution in [2.24, 2.45) is 0 Å². The van der Waals surface area contributed by atoms with Crippen LogP contribution in [0.15, 0.2) is 53.4 Å². The topological polar surface area (TPSA) is 55.4 Å². The Hall–Kier alpha value is -2.34. The van der Waals surface area contributed by atoms with Gasteiger partial charge in [0.15, 0.2) is 6.61 Å². The van der Waals surface area contributed by atoms with Crippen LogP contribution < -0.4 is 5.32 Å². The highest BCUT2D eigenvalue weighted by Gasteiger charge is 2.14. The molecule has 6 heteroatoms. The standard InChI is InChI=1S/C16H14FNO3S/c1-22-14-9-5-2-6-11(14)16(20)21-10-15(19)18-13-8-4-3-7-12(13)17/h2-9H,10H2,1H3,(H,18,19). The van der Waals surface area contributed by atoms with Crippen molar-refractivity contribution in [3.63, 3.8) is 0 Å². The number of benzene rings is 2. The lowest BCUT2D eigenvalue weighted by atomic mass is 10.2. The molecule has 0 bridgehead atoms. The number of carbonyl (C=O) groups is 2.